The maximum atomic E-state index is 11.6. The normalized spacial score (nSPS) is 12.1. The molecule has 1 amide bonds. The first kappa shape index (κ1) is 18.7. The second kappa shape index (κ2) is 6.03. The third-order valence-corrected chi connectivity index (χ3v) is 4.85. The maximum Gasteiger partial charge on any atom is 0.295 e. The lowest BCUT2D eigenvalue weighted by Crippen LogP contribution is -2.09. The van der Waals surface area contributed by atoms with E-state index in [2.05, 4.69) is 5.32 Å². The number of amides is 1. The fourth-order valence-corrected chi connectivity index (χ4v) is 3.63. The highest BCUT2D eigenvalue weighted by atomic mass is 32.2. The summed E-state index contributed by atoms with van der Waals surface area (Å²) in [5.41, 5.74) is -1.02. The van der Waals surface area contributed by atoms with Crippen LogP contribution in [0.3, 0.4) is 0 Å². The van der Waals surface area contributed by atoms with Gasteiger partial charge in [0.05, 0.1) is 4.92 Å². The molecule has 0 atom stereocenters. The number of carbonyl (C=O) groups excluding carboxylic acids is 1. The zero-order chi connectivity index (χ0) is 19.2. The van der Waals surface area contributed by atoms with Crippen LogP contribution >= 0.6 is 0 Å². The summed E-state index contributed by atoms with van der Waals surface area (Å²) < 4.78 is 64.9. The molecule has 0 saturated heterocycles. The molecule has 0 saturated carbocycles. The number of hydrogen-bond donors (Lipinski definition) is 3. The fourth-order valence-electron chi connectivity index (χ4n) is 2.19. The number of benzene rings is 2. The Kier molecular flexibility index (Phi) is 4.52. The van der Waals surface area contributed by atoms with Gasteiger partial charge in [-0.05, 0) is 12.1 Å². The van der Waals surface area contributed by atoms with Crippen molar-refractivity contribution in [1.29, 1.82) is 0 Å². The van der Waals surface area contributed by atoms with Crippen molar-refractivity contribution >= 4 is 48.3 Å². The van der Waals surface area contributed by atoms with Gasteiger partial charge in [-0.3, -0.25) is 24.0 Å². The van der Waals surface area contributed by atoms with Crippen molar-refractivity contribution < 1.29 is 35.7 Å². The Morgan fingerprint density at radius 3 is 1.92 bits per heavy atom. The predicted molar refractivity (Wildman–Crippen MR) is 84.5 cm³/mol. The lowest BCUT2D eigenvalue weighted by Gasteiger charge is -2.11. The number of hydrogen-bond acceptors (Lipinski definition) is 7. The van der Waals surface area contributed by atoms with Gasteiger partial charge < -0.3 is 5.32 Å². The minimum atomic E-state index is -4.99. The van der Waals surface area contributed by atoms with Crippen molar-refractivity contribution in [3.05, 3.63) is 34.4 Å². The van der Waals surface area contributed by atoms with Gasteiger partial charge in [0.15, 0.2) is 0 Å². The largest absolute Gasteiger partial charge is 0.326 e. The van der Waals surface area contributed by atoms with E-state index in [4.69, 9.17) is 0 Å². The van der Waals surface area contributed by atoms with E-state index in [1.165, 1.54) is 0 Å². The Morgan fingerprint density at radius 2 is 1.48 bits per heavy atom. The summed E-state index contributed by atoms with van der Waals surface area (Å²) in [5.74, 6) is -0.629. The molecule has 0 aromatic heterocycles. The zero-order valence-corrected chi connectivity index (χ0v) is 14.0. The molecule has 0 heterocycles. The summed E-state index contributed by atoms with van der Waals surface area (Å²) in [6, 6.07) is 3.06. The van der Waals surface area contributed by atoms with Crippen LogP contribution in [0.5, 0.6) is 0 Å². The summed E-state index contributed by atoms with van der Waals surface area (Å²) >= 11 is 0. The van der Waals surface area contributed by atoms with Gasteiger partial charge in [0, 0.05) is 35.5 Å². The molecule has 0 bridgehead atoms. The zero-order valence-electron chi connectivity index (χ0n) is 12.3. The fraction of sp³-hybridized carbons (Fsp3) is 0.0833. The third kappa shape index (κ3) is 3.90. The van der Waals surface area contributed by atoms with Crippen molar-refractivity contribution in [3.8, 4) is 0 Å². The smallest absolute Gasteiger partial charge is 0.295 e. The number of non-ortho nitro benzene ring substituents is 1. The molecule has 0 spiro atoms. The Balaban J connectivity index is 3.10. The first-order valence-corrected chi connectivity index (χ1v) is 9.17. The summed E-state index contributed by atoms with van der Waals surface area (Å²) in [6.07, 6.45) is 0. The summed E-state index contributed by atoms with van der Waals surface area (Å²) in [7, 11) is -9.93. The van der Waals surface area contributed by atoms with Gasteiger partial charge in [-0.2, -0.15) is 16.8 Å². The third-order valence-electron chi connectivity index (χ3n) is 3.07. The van der Waals surface area contributed by atoms with Crippen LogP contribution in [0.25, 0.3) is 10.8 Å². The standard InChI is InChI=1S/C12H10N2O9S2/c1-6(15)13-7-2-9-10(11(3-7)24(18,19)20)4-8(14(16)17)5-12(9)25(21,22)23/h2-5H,1H3,(H,13,15)(H,18,19,20)(H,21,22,23). The topological polar surface area (TPSA) is 181 Å². The molecular formula is C12H10N2O9S2. The molecule has 134 valence electrons. The second-order valence-corrected chi connectivity index (χ2v) is 7.68. The van der Waals surface area contributed by atoms with E-state index in [9.17, 15) is 40.8 Å². The van der Waals surface area contributed by atoms with Gasteiger partial charge >= 0.3 is 0 Å². The highest BCUT2D eigenvalue weighted by Crippen LogP contribution is 2.35. The molecule has 0 aliphatic heterocycles. The van der Waals surface area contributed by atoms with E-state index in [1.807, 2.05) is 0 Å². The monoisotopic (exact) mass is 390 g/mol. The molecule has 0 fully saturated rings. The molecule has 11 nitrogen and oxygen atoms in total. The number of nitrogens with one attached hydrogen (secondary N) is 1. The minimum absolute atomic E-state index is 0.202. The van der Waals surface area contributed by atoms with Gasteiger partial charge in [-0.15, -0.1) is 0 Å². The van der Waals surface area contributed by atoms with Crippen LogP contribution in [0.15, 0.2) is 34.1 Å². The minimum Gasteiger partial charge on any atom is -0.326 e. The number of nitro groups is 1. The van der Waals surface area contributed by atoms with E-state index < -0.39 is 57.3 Å². The lowest BCUT2D eigenvalue weighted by atomic mass is 10.1. The Hall–Kier alpha value is -2.61. The first-order valence-electron chi connectivity index (χ1n) is 6.29. The van der Waals surface area contributed by atoms with Gasteiger partial charge in [0.2, 0.25) is 5.91 Å². The number of fused-ring (bicyclic) bond motifs is 1. The Bertz CT molecular complexity index is 1120. The van der Waals surface area contributed by atoms with E-state index in [0.717, 1.165) is 25.1 Å². The van der Waals surface area contributed by atoms with Gasteiger partial charge in [0.1, 0.15) is 9.79 Å². The number of anilines is 1. The summed E-state index contributed by atoms with van der Waals surface area (Å²) in [5, 5.41) is 12.2. The second-order valence-electron chi connectivity index (χ2n) is 4.90. The summed E-state index contributed by atoms with van der Waals surface area (Å²) in [4.78, 5) is 19.3. The van der Waals surface area contributed by atoms with E-state index in [1.54, 1.807) is 0 Å². The quantitative estimate of drug-likeness (QED) is 0.392. The van der Waals surface area contributed by atoms with E-state index in [-0.39, 0.29) is 5.69 Å². The van der Waals surface area contributed by atoms with Crippen LogP contribution in [0.4, 0.5) is 11.4 Å². The average Bonchev–Trinajstić information content (AvgIpc) is 2.42. The SMILES string of the molecule is CC(=O)Nc1cc(S(=O)(=O)O)c2cc([N+](=O)[O-])cc(S(=O)(=O)O)c2c1. The highest BCUT2D eigenvalue weighted by Gasteiger charge is 2.25. The Morgan fingerprint density at radius 1 is 1.00 bits per heavy atom. The van der Waals surface area contributed by atoms with Crippen LogP contribution < -0.4 is 5.32 Å². The van der Waals surface area contributed by atoms with E-state index >= 15 is 0 Å². The molecule has 2 aromatic rings. The molecule has 2 aromatic carbocycles. The molecule has 0 aliphatic rings. The lowest BCUT2D eigenvalue weighted by molar-refractivity contribution is -0.384. The number of carbonyl (C=O) groups is 1. The first-order chi connectivity index (χ1) is 11.3. The van der Waals surface area contributed by atoms with Gasteiger partial charge in [0.25, 0.3) is 25.9 Å². The van der Waals surface area contributed by atoms with Crippen molar-refractivity contribution in [2.45, 2.75) is 16.7 Å². The predicted octanol–water partition coefficient (Wildman–Crippen LogP) is 1.20. The number of nitrogens with zero attached hydrogens (tertiary/aromatic N) is 1. The molecule has 3 N–H and O–H groups in total. The van der Waals surface area contributed by atoms with Crippen molar-refractivity contribution in [2.75, 3.05) is 5.32 Å². The van der Waals surface area contributed by atoms with Crippen LogP contribution in [-0.2, 0) is 25.0 Å². The molecule has 0 radical (unpaired) electrons. The molecular weight excluding hydrogens is 380 g/mol. The molecule has 2 rings (SSSR count). The van der Waals surface area contributed by atoms with E-state index in [0.29, 0.717) is 6.07 Å². The van der Waals surface area contributed by atoms with Crippen LogP contribution in [0, 0.1) is 10.1 Å². The van der Waals surface area contributed by atoms with Crippen LogP contribution in [-0.4, -0.2) is 36.8 Å². The molecule has 25 heavy (non-hydrogen) atoms. The molecule has 0 unspecified atom stereocenters. The van der Waals surface area contributed by atoms with Gasteiger partial charge in [-0.25, -0.2) is 0 Å². The highest BCUT2D eigenvalue weighted by molar-refractivity contribution is 7.86. The number of nitro benzene ring substituents is 1. The maximum absolute atomic E-state index is 11.6. The Labute approximate surface area is 140 Å². The average molecular weight is 390 g/mol. The van der Waals surface area contributed by atoms with Crippen LogP contribution in [0.2, 0.25) is 0 Å². The molecule has 0 aliphatic carbocycles. The number of rotatable bonds is 4. The summed E-state index contributed by atoms with van der Waals surface area (Å²) in [6.45, 7) is 1.09. The molecule has 13 heteroatoms. The van der Waals surface area contributed by atoms with Gasteiger partial charge in [-0.1, -0.05) is 0 Å². The van der Waals surface area contributed by atoms with Crippen LogP contribution in [0.1, 0.15) is 6.92 Å². The van der Waals surface area contributed by atoms with Crippen molar-refractivity contribution in [1.82, 2.24) is 0 Å². The van der Waals surface area contributed by atoms with Crippen molar-refractivity contribution in [3.63, 3.8) is 0 Å². The van der Waals surface area contributed by atoms with Crippen molar-refractivity contribution in [2.24, 2.45) is 0 Å².